The maximum atomic E-state index is 12.7. The van der Waals surface area contributed by atoms with E-state index in [-0.39, 0.29) is 0 Å². The molecule has 28 heavy (non-hydrogen) atoms. The minimum atomic E-state index is -4.27. The third kappa shape index (κ3) is 7.59. The van der Waals surface area contributed by atoms with Crippen molar-refractivity contribution in [1.29, 1.82) is 0 Å². The first-order chi connectivity index (χ1) is 13.4. The first-order valence-corrected chi connectivity index (χ1v) is 9.95. The van der Waals surface area contributed by atoms with E-state index < -0.39 is 11.7 Å². The van der Waals surface area contributed by atoms with Crippen molar-refractivity contribution in [3.63, 3.8) is 0 Å². The monoisotopic (exact) mass is 412 g/mol. The number of hydrogen-bond donors (Lipinski definition) is 1. The fraction of sp³-hybridized carbons (Fsp3) is 0.500. The molecule has 0 bridgehead atoms. The van der Waals surface area contributed by atoms with Crippen molar-refractivity contribution in [3.05, 3.63) is 53.1 Å². The molecule has 0 spiro atoms. The number of alkyl halides is 3. The van der Waals surface area contributed by atoms with Crippen LogP contribution in [-0.4, -0.2) is 47.6 Å². The number of unbranched alkanes of at least 4 members (excludes halogenated alkanes) is 2. The zero-order valence-electron chi connectivity index (χ0n) is 16.1. The SMILES string of the molecule is CCCCCN1CCN(c2cccc(C(F)(F)F)c2)CC1.S=c1nccc[nH]1. The zero-order valence-corrected chi connectivity index (χ0v) is 16.9. The van der Waals surface area contributed by atoms with Gasteiger partial charge >= 0.3 is 6.18 Å². The fourth-order valence-corrected chi connectivity index (χ4v) is 3.13. The number of H-pyrrole nitrogens is 1. The standard InChI is InChI=1S/C16H23F3N2.C4H4N2S/c1-2-3-4-8-20-9-11-21(12-10-20)15-7-5-6-14(13-15)16(17,18)19;7-4-5-2-1-3-6-4/h5-7,13H,2-4,8-12H2,1H3;1-3H,(H,5,6,7). The molecule has 1 saturated heterocycles. The molecule has 0 radical (unpaired) electrons. The molecule has 1 fully saturated rings. The number of nitrogens with one attached hydrogen (secondary N) is 1. The van der Waals surface area contributed by atoms with Gasteiger partial charge in [-0.15, -0.1) is 0 Å². The molecule has 0 amide bonds. The number of aromatic nitrogens is 2. The number of nitrogens with zero attached hydrogens (tertiary/aromatic N) is 3. The number of piperazine rings is 1. The quantitative estimate of drug-likeness (QED) is 0.544. The highest BCUT2D eigenvalue weighted by molar-refractivity contribution is 7.71. The van der Waals surface area contributed by atoms with E-state index in [0.29, 0.717) is 10.5 Å². The van der Waals surface area contributed by atoms with Crippen molar-refractivity contribution >= 4 is 17.9 Å². The van der Waals surface area contributed by atoms with Gasteiger partial charge in [0.15, 0.2) is 4.77 Å². The van der Waals surface area contributed by atoms with E-state index in [1.54, 1.807) is 24.5 Å². The molecule has 8 heteroatoms. The van der Waals surface area contributed by atoms with Gasteiger partial charge in [0.2, 0.25) is 0 Å². The molecule has 0 aliphatic carbocycles. The smallest absolute Gasteiger partial charge is 0.369 e. The lowest BCUT2D eigenvalue weighted by molar-refractivity contribution is -0.137. The summed E-state index contributed by atoms with van der Waals surface area (Å²) in [6.45, 7) is 6.75. The van der Waals surface area contributed by atoms with Crippen LogP contribution < -0.4 is 4.90 Å². The second-order valence-corrected chi connectivity index (χ2v) is 7.06. The molecule has 0 atom stereocenters. The number of anilines is 1. The van der Waals surface area contributed by atoms with E-state index in [2.05, 4.69) is 34.0 Å². The summed E-state index contributed by atoms with van der Waals surface area (Å²) in [4.78, 5) is 10.9. The van der Waals surface area contributed by atoms with E-state index in [9.17, 15) is 13.2 Å². The second-order valence-electron chi connectivity index (χ2n) is 6.67. The largest absolute Gasteiger partial charge is 0.416 e. The minimum Gasteiger partial charge on any atom is -0.369 e. The Balaban J connectivity index is 0.000000336. The van der Waals surface area contributed by atoms with Crippen LogP contribution in [0.3, 0.4) is 0 Å². The Kier molecular flexibility index (Phi) is 8.92. The summed E-state index contributed by atoms with van der Waals surface area (Å²) >= 11 is 4.65. The normalized spacial score (nSPS) is 15.1. The molecule has 154 valence electrons. The van der Waals surface area contributed by atoms with E-state index >= 15 is 0 Å². The van der Waals surface area contributed by atoms with Crippen molar-refractivity contribution in [2.24, 2.45) is 0 Å². The highest BCUT2D eigenvalue weighted by Gasteiger charge is 2.31. The fourth-order valence-electron chi connectivity index (χ4n) is 3.00. The maximum absolute atomic E-state index is 12.7. The van der Waals surface area contributed by atoms with E-state index in [1.165, 1.54) is 31.4 Å². The molecule has 0 saturated carbocycles. The second kappa shape index (κ2) is 11.2. The molecule has 1 aliphatic heterocycles. The number of hydrogen-bond acceptors (Lipinski definition) is 4. The van der Waals surface area contributed by atoms with Crippen molar-refractivity contribution in [2.75, 3.05) is 37.6 Å². The summed E-state index contributed by atoms with van der Waals surface area (Å²) in [5.41, 5.74) is 0.114. The lowest BCUT2D eigenvalue weighted by atomic mass is 10.1. The molecule has 1 aromatic carbocycles. The van der Waals surface area contributed by atoms with Gasteiger partial charge in [-0.1, -0.05) is 25.8 Å². The van der Waals surface area contributed by atoms with Crippen molar-refractivity contribution in [1.82, 2.24) is 14.9 Å². The predicted molar refractivity (Wildman–Crippen MR) is 109 cm³/mol. The Morgan fingerprint density at radius 3 is 2.39 bits per heavy atom. The van der Waals surface area contributed by atoms with E-state index in [1.807, 2.05) is 4.90 Å². The van der Waals surface area contributed by atoms with Gasteiger partial charge in [-0.2, -0.15) is 13.2 Å². The Labute approximate surface area is 169 Å². The summed E-state index contributed by atoms with van der Waals surface area (Å²) < 4.78 is 38.8. The van der Waals surface area contributed by atoms with Crippen LogP contribution in [0.4, 0.5) is 18.9 Å². The van der Waals surface area contributed by atoms with Crippen LogP contribution in [0.2, 0.25) is 0 Å². The van der Waals surface area contributed by atoms with Gasteiger partial charge < -0.3 is 9.88 Å². The molecule has 2 aromatic rings. The average molecular weight is 413 g/mol. The Bertz CT molecular complexity index is 738. The number of aromatic amines is 1. The Morgan fingerprint density at radius 2 is 1.86 bits per heavy atom. The number of rotatable bonds is 5. The average Bonchev–Trinajstić information content (AvgIpc) is 2.69. The molecule has 1 aromatic heterocycles. The maximum Gasteiger partial charge on any atom is 0.416 e. The molecule has 1 N–H and O–H groups in total. The van der Waals surface area contributed by atoms with Crippen LogP contribution in [-0.2, 0) is 6.18 Å². The highest BCUT2D eigenvalue weighted by Crippen LogP contribution is 2.31. The molecule has 4 nitrogen and oxygen atoms in total. The molecule has 3 rings (SSSR count). The predicted octanol–water partition coefficient (Wildman–Crippen LogP) is 5.16. The first-order valence-electron chi connectivity index (χ1n) is 9.54. The van der Waals surface area contributed by atoms with Crippen LogP contribution in [0.15, 0.2) is 42.7 Å². The molecule has 2 heterocycles. The van der Waals surface area contributed by atoms with Gasteiger partial charge in [0, 0.05) is 44.3 Å². The lowest BCUT2D eigenvalue weighted by Crippen LogP contribution is -2.46. The number of benzene rings is 1. The summed E-state index contributed by atoms with van der Waals surface area (Å²) in [5, 5.41) is 0. The van der Waals surface area contributed by atoms with E-state index in [4.69, 9.17) is 0 Å². The van der Waals surface area contributed by atoms with Gasteiger partial charge in [-0.05, 0) is 49.4 Å². The van der Waals surface area contributed by atoms with Crippen LogP contribution in [0.25, 0.3) is 0 Å². The molecular formula is C20H27F3N4S. The van der Waals surface area contributed by atoms with Gasteiger partial charge in [0.05, 0.1) is 5.56 Å². The van der Waals surface area contributed by atoms with Gasteiger partial charge in [0.25, 0.3) is 0 Å². The third-order valence-corrected chi connectivity index (χ3v) is 4.79. The lowest BCUT2D eigenvalue weighted by Gasteiger charge is -2.36. The summed E-state index contributed by atoms with van der Waals surface area (Å²) in [6.07, 6.45) is 2.80. The number of halogens is 3. The van der Waals surface area contributed by atoms with Crippen molar-refractivity contribution in [2.45, 2.75) is 32.4 Å². The van der Waals surface area contributed by atoms with Gasteiger partial charge in [-0.3, -0.25) is 4.90 Å². The van der Waals surface area contributed by atoms with Gasteiger partial charge in [-0.25, -0.2) is 4.98 Å². The first kappa shape index (κ1) is 22.4. The van der Waals surface area contributed by atoms with Crippen molar-refractivity contribution < 1.29 is 13.2 Å². The molecule has 0 unspecified atom stereocenters. The Hall–Kier alpha value is -1.93. The summed E-state index contributed by atoms with van der Waals surface area (Å²) in [7, 11) is 0. The Morgan fingerprint density at radius 1 is 1.11 bits per heavy atom. The molecular weight excluding hydrogens is 385 g/mol. The summed E-state index contributed by atoms with van der Waals surface area (Å²) in [6, 6.07) is 7.43. The summed E-state index contributed by atoms with van der Waals surface area (Å²) in [5.74, 6) is 0. The van der Waals surface area contributed by atoms with Crippen molar-refractivity contribution in [3.8, 4) is 0 Å². The minimum absolute atomic E-state index is 0.530. The van der Waals surface area contributed by atoms with Crippen LogP contribution >= 0.6 is 12.2 Å². The van der Waals surface area contributed by atoms with Crippen LogP contribution in [0.5, 0.6) is 0 Å². The van der Waals surface area contributed by atoms with E-state index in [0.717, 1.165) is 38.8 Å². The third-order valence-electron chi connectivity index (χ3n) is 4.57. The zero-order chi connectivity index (χ0) is 20.4. The molecule has 1 aliphatic rings. The van der Waals surface area contributed by atoms with Crippen LogP contribution in [0.1, 0.15) is 31.7 Å². The van der Waals surface area contributed by atoms with Crippen LogP contribution in [0, 0.1) is 4.77 Å². The highest BCUT2D eigenvalue weighted by atomic mass is 32.1. The topological polar surface area (TPSA) is 35.2 Å². The van der Waals surface area contributed by atoms with Gasteiger partial charge in [0.1, 0.15) is 0 Å².